The average Bonchev–Trinajstić information content (AvgIpc) is 3.82. The Balaban J connectivity index is 1.84. The van der Waals surface area contributed by atoms with Crippen molar-refractivity contribution >= 4 is 80.5 Å². The van der Waals surface area contributed by atoms with E-state index in [1.807, 2.05) is 46.6 Å². The highest BCUT2D eigenvalue weighted by molar-refractivity contribution is 8.76. The summed E-state index contributed by atoms with van der Waals surface area (Å²) in [6.07, 6.45) is 2.42. The van der Waals surface area contributed by atoms with E-state index >= 15 is 0 Å². The molecule has 1 fully saturated rings. The molecule has 0 saturated carbocycles. The van der Waals surface area contributed by atoms with Crippen molar-refractivity contribution in [1.82, 2.24) is 36.3 Å². The van der Waals surface area contributed by atoms with Gasteiger partial charge in [0.05, 0.1) is 6.04 Å². The Morgan fingerprint density at radius 3 is 2.28 bits per heavy atom. The molecule has 6 amide bonds. The summed E-state index contributed by atoms with van der Waals surface area (Å²) >= 11 is 1.07. The number of primary amides is 1. The van der Waals surface area contributed by atoms with Crippen LogP contribution in [0.25, 0.3) is 0 Å². The number of rotatable bonds is 29. The number of nitrogens with zero attached hydrogens (tertiary/aromatic N) is 3. The fourth-order valence-corrected chi connectivity index (χ4v) is 10.5. The second-order valence-corrected chi connectivity index (χ2v) is 21.7. The molecule has 0 aliphatic carbocycles. The van der Waals surface area contributed by atoms with E-state index in [2.05, 4.69) is 26.5 Å². The number of aromatic hydroxyl groups is 1. The zero-order valence-corrected chi connectivity index (χ0v) is 44.6. The number of nitrogens with one attached hydrogen (secondary N) is 4. The van der Waals surface area contributed by atoms with E-state index in [0.717, 1.165) is 36.3 Å². The normalized spacial score (nSPS) is 16.3. The lowest BCUT2D eigenvalue weighted by Crippen LogP contribution is -2.59. The van der Waals surface area contributed by atoms with Crippen LogP contribution >= 0.6 is 32.9 Å². The van der Waals surface area contributed by atoms with Crippen LogP contribution in [0.1, 0.15) is 133 Å². The van der Waals surface area contributed by atoms with Crippen molar-refractivity contribution in [2.24, 2.45) is 23.5 Å². The SMILES string of the molecule is CCCC(=O)OCN(C(=O)[C@@H](NC(=O)[C@H]1CCCCN1C)C(C)CC)[C@H](C[C@@H](OC(C)=O)c1nc(C(=O)N[C@@H](Cc2ccc(O)cc2)CC(C)C(=O)NNC(=O)OCCSSCCC(N)=O)cs1)C(C)C. The number of esters is 2. The first-order valence-corrected chi connectivity index (χ1v) is 27.5. The average molecular weight is 1050 g/mol. The van der Waals surface area contributed by atoms with E-state index < -0.39 is 84.6 Å². The highest BCUT2D eigenvalue weighted by Crippen LogP contribution is 2.32. The predicted molar refractivity (Wildman–Crippen MR) is 272 cm³/mol. The Kier molecular flexibility index (Phi) is 26.6. The number of nitrogens with two attached hydrogens (primary N) is 1. The number of benzene rings is 1. The zero-order valence-electron chi connectivity index (χ0n) is 42.2. The number of amides is 6. The van der Waals surface area contributed by atoms with E-state index in [9.17, 15) is 43.5 Å². The van der Waals surface area contributed by atoms with Crippen LogP contribution in [0.15, 0.2) is 29.6 Å². The molecule has 1 aliphatic rings. The zero-order chi connectivity index (χ0) is 52.6. The number of carbonyl (C=O) groups excluding carboxylic acids is 8. The lowest BCUT2D eigenvalue weighted by Gasteiger charge is -2.39. The number of piperidine rings is 1. The summed E-state index contributed by atoms with van der Waals surface area (Å²) in [5, 5.41) is 17.7. The van der Waals surface area contributed by atoms with Gasteiger partial charge in [0, 0.05) is 61.1 Å². The van der Waals surface area contributed by atoms with Gasteiger partial charge in [-0.1, -0.05) is 88.1 Å². The molecule has 7 atom stereocenters. The first kappa shape index (κ1) is 60.2. The largest absolute Gasteiger partial charge is 0.508 e. The topological polar surface area (TPSA) is 278 Å². The third-order valence-corrected chi connectivity index (χ3v) is 15.3. The molecule has 23 heteroatoms. The fraction of sp³-hybridized carbons (Fsp3) is 0.646. The van der Waals surface area contributed by atoms with Gasteiger partial charge >= 0.3 is 18.0 Å². The van der Waals surface area contributed by atoms with Gasteiger partial charge in [0.2, 0.25) is 23.6 Å². The second kappa shape index (κ2) is 31.4. The van der Waals surface area contributed by atoms with Crippen molar-refractivity contribution in [2.75, 3.05) is 38.4 Å². The lowest BCUT2D eigenvalue weighted by atomic mass is 9.92. The molecule has 1 aromatic carbocycles. The molecular weight excluding hydrogens is 977 g/mol. The molecule has 1 aliphatic heterocycles. The molecule has 2 heterocycles. The molecule has 71 heavy (non-hydrogen) atoms. The van der Waals surface area contributed by atoms with Gasteiger partial charge in [0.25, 0.3) is 5.91 Å². The van der Waals surface area contributed by atoms with Crippen molar-refractivity contribution in [2.45, 2.75) is 143 Å². The van der Waals surface area contributed by atoms with Crippen LogP contribution in [0.4, 0.5) is 4.79 Å². The van der Waals surface area contributed by atoms with Crippen molar-refractivity contribution < 1.29 is 57.7 Å². The Bertz CT molecular complexity index is 2060. The van der Waals surface area contributed by atoms with E-state index in [-0.39, 0.29) is 72.9 Å². The summed E-state index contributed by atoms with van der Waals surface area (Å²) in [7, 11) is 4.72. The van der Waals surface area contributed by atoms with Crippen LogP contribution in [0.2, 0.25) is 0 Å². The van der Waals surface area contributed by atoms with Gasteiger partial charge in [-0.05, 0) is 75.2 Å². The van der Waals surface area contributed by atoms with Crippen molar-refractivity contribution in [3.63, 3.8) is 0 Å². The second-order valence-electron chi connectivity index (χ2n) is 18.1. The number of phenols is 1. The number of hydrogen-bond acceptors (Lipinski definition) is 17. The maximum absolute atomic E-state index is 14.9. The Hall–Kier alpha value is -5.13. The molecule has 3 rings (SSSR count). The van der Waals surface area contributed by atoms with E-state index in [1.54, 1.807) is 19.1 Å². The molecule has 0 spiro atoms. The van der Waals surface area contributed by atoms with Crippen LogP contribution in [0, 0.1) is 17.8 Å². The molecule has 2 aromatic rings. The fourth-order valence-electron chi connectivity index (χ4n) is 7.78. The first-order valence-electron chi connectivity index (χ1n) is 24.2. The van der Waals surface area contributed by atoms with Crippen LogP contribution in [-0.4, -0.2) is 130 Å². The highest BCUT2D eigenvalue weighted by Gasteiger charge is 2.39. The van der Waals surface area contributed by atoms with E-state index in [0.29, 0.717) is 30.8 Å². The molecule has 2 unspecified atom stereocenters. The summed E-state index contributed by atoms with van der Waals surface area (Å²) in [5.41, 5.74) is 10.5. The van der Waals surface area contributed by atoms with Crippen molar-refractivity contribution in [3.05, 3.63) is 45.9 Å². The molecule has 396 valence electrons. The number of likely N-dealkylation sites (tertiary alicyclic amines) is 1. The molecule has 0 bridgehead atoms. The highest BCUT2D eigenvalue weighted by atomic mass is 33.1. The number of ether oxygens (including phenoxy) is 3. The minimum atomic E-state index is -1.05. The summed E-state index contributed by atoms with van der Waals surface area (Å²) in [6, 6.07) is 3.66. The molecule has 1 saturated heterocycles. The Labute approximate surface area is 429 Å². The summed E-state index contributed by atoms with van der Waals surface area (Å²) in [4.78, 5) is 113. The summed E-state index contributed by atoms with van der Waals surface area (Å²) in [6.45, 7) is 12.7. The van der Waals surface area contributed by atoms with E-state index in [4.69, 9.17) is 19.9 Å². The molecule has 7 N–H and O–H groups in total. The number of hydrogen-bond donors (Lipinski definition) is 6. The van der Waals surface area contributed by atoms with Crippen LogP contribution in [-0.2, 0) is 49.4 Å². The molecule has 1 aromatic heterocycles. The molecule has 20 nitrogen and oxygen atoms in total. The predicted octanol–water partition coefficient (Wildman–Crippen LogP) is 5.39. The third-order valence-electron chi connectivity index (χ3n) is 12.0. The van der Waals surface area contributed by atoms with Crippen molar-refractivity contribution in [3.8, 4) is 5.75 Å². The summed E-state index contributed by atoms with van der Waals surface area (Å²) in [5.74, 6) is -3.69. The number of aromatic nitrogens is 1. The first-order chi connectivity index (χ1) is 33.7. The number of phenolic OH excluding ortho intramolecular Hbond substituents is 1. The van der Waals surface area contributed by atoms with Gasteiger partial charge in [0.1, 0.15) is 29.1 Å². The quantitative estimate of drug-likeness (QED) is 0.0149. The Morgan fingerprint density at radius 1 is 0.944 bits per heavy atom. The van der Waals surface area contributed by atoms with Gasteiger partial charge in [-0.15, -0.1) is 11.3 Å². The summed E-state index contributed by atoms with van der Waals surface area (Å²) < 4.78 is 16.6. The van der Waals surface area contributed by atoms with Gasteiger partial charge in [-0.2, -0.15) is 0 Å². The van der Waals surface area contributed by atoms with Gasteiger partial charge < -0.3 is 40.6 Å². The van der Waals surface area contributed by atoms with Gasteiger partial charge in [0.15, 0.2) is 12.8 Å². The number of thiazole rings is 1. The van der Waals surface area contributed by atoms with Crippen molar-refractivity contribution in [1.29, 1.82) is 0 Å². The maximum atomic E-state index is 14.9. The Morgan fingerprint density at radius 2 is 1.65 bits per heavy atom. The standard InChI is InChI=1S/C48H74N8O12S3/c1-9-13-41(60)67-28-56(47(64)42(30(5)10-2)52-45(63)37-14-11-12-20-55(37)8)38(29(3)4)26-39(68-32(7)57)46-51-36(27-69-46)44(62)50-34(25-33-15-17-35(58)18-16-33)24-31(6)43(61)53-54-48(65)66-21-23-71-70-22-19-40(49)59/h15-18,27,29-31,34,37-39,42,58H,9-14,19-26,28H2,1-8H3,(H2,49,59)(H,50,62)(H,52,63)(H,53,61)(H,54,65)/t30?,31?,34-,37-,38-,39-,42+/m1/s1. The smallest absolute Gasteiger partial charge is 0.426 e. The monoisotopic (exact) mass is 1050 g/mol. The number of carbonyl (C=O) groups is 8. The molecule has 0 radical (unpaired) electrons. The third kappa shape index (κ3) is 21.2. The van der Waals surface area contributed by atoms with E-state index in [1.165, 1.54) is 50.9 Å². The maximum Gasteiger partial charge on any atom is 0.426 e. The number of hydrazine groups is 1. The van der Waals surface area contributed by atoms with Crippen LogP contribution < -0.4 is 27.2 Å². The van der Waals surface area contributed by atoms with Crippen LogP contribution in [0.5, 0.6) is 5.75 Å². The minimum Gasteiger partial charge on any atom is -0.508 e. The van der Waals surface area contributed by atoms with Crippen LogP contribution in [0.3, 0.4) is 0 Å². The molecular formula is C48H74N8O12S3. The minimum absolute atomic E-state index is 0.00133. The van der Waals surface area contributed by atoms with Gasteiger partial charge in [-0.25, -0.2) is 15.2 Å². The lowest BCUT2D eigenvalue weighted by molar-refractivity contribution is -0.160. The number of likely N-dealkylation sites (N-methyl/N-ethyl adjacent to an activating group) is 1. The van der Waals surface area contributed by atoms with Gasteiger partial charge in [-0.3, -0.25) is 43.9 Å².